The molecule has 7 aromatic rings. The zero-order chi connectivity index (χ0) is 35.3. The summed E-state index contributed by atoms with van der Waals surface area (Å²) in [4.78, 5) is 0. The van der Waals surface area contributed by atoms with Crippen LogP contribution in [0.4, 0.5) is 0 Å². The van der Waals surface area contributed by atoms with Crippen LogP contribution in [-0.2, 0) is 18.5 Å². The summed E-state index contributed by atoms with van der Waals surface area (Å²) in [7, 11) is -1.08. The summed E-state index contributed by atoms with van der Waals surface area (Å²) >= 11 is 0. The van der Waals surface area contributed by atoms with E-state index in [0.29, 0.717) is 0 Å². The average molecular weight is 715 g/mol. The molecule has 0 amide bonds. The van der Waals surface area contributed by atoms with Crippen molar-refractivity contribution in [3.8, 4) is 11.1 Å². The number of hydrogen-bond acceptors (Lipinski definition) is 0. The molecule has 10 rings (SSSR count). The summed E-state index contributed by atoms with van der Waals surface area (Å²) in [5.74, 6) is 0. The number of rotatable bonds is 2. The lowest BCUT2D eigenvalue weighted by Crippen LogP contribution is -2.24. The Morgan fingerprint density at radius 2 is 0.887 bits per heavy atom. The van der Waals surface area contributed by atoms with Gasteiger partial charge in [-0.1, -0.05) is 192 Å². The van der Waals surface area contributed by atoms with Crippen molar-refractivity contribution < 1.29 is 0 Å². The van der Waals surface area contributed by atoms with Crippen LogP contribution in [0.3, 0.4) is 0 Å². The van der Waals surface area contributed by atoms with E-state index in [-0.39, 0.29) is 0 Å². The molecule has 0 spiro atoms. The summed E-state index contributed by atoms with van der Waals surface area (Å²) in [6.45, 7) is 4.70. The first-order valence-corrected chi connectivity index (χ1v) is 22.2. The summed E-state index contributed by atoms with van der Waals surface area (Å²) in [5.41, 5.74) is 12.5. The molecule has 7 aromatic carbocycles. The third kappa shape index (κ3) is 5.77. The van der Waals surface area contributed by atoms with Gasteiger partial charge in [-0.3, -0.25) is 0 Å². The Labute approximate surface area is 315 Å². The van der Waals surface area contributed by atoms with E-state index in [2.05, 4.69) is 170 Å². The van der Waals surface area contributed by atoms with Gasteiger partial charge in [0, 0.05) is 0 Å². The van der Waals surface area contributed by atoms with Gasteiger partial charge in [-0.2, -0.15) is 0 Å². The van der Waals surface area contributed by atoms with Crippen molar-refractivity contribution in [3.63, 3.8) is 0 Å². The molecule has 3 aliphatic rings. The fraction of sp³-hybridized carbons (Fsp3) is 0.0980. The number of allylic oxidation sites excluding steroid dienone is 9. The Bertz CT molecular complexity index is 2650. The second-order valence-electron chi connectivity index (χ2n) is 14.5. The molecule has 0 aromatic heterocycles. The molecule has 2 heteroatoms. The molecule has 1 aliphatic carbocycles. The van der Waals surface area contributed by atoms with Gasteiger partial charge in [0.05, 0.1) is 0 Å². The molecule has 0 bridgehead atoms. The largest absolute Gasteiger partial charge is 0.0911 e. The molecule has 2 heterocycles. The molecular formula is C51H40P2. The van der Waals surface area contributed by atoms with Crippen molar-refractivity contribution >= 4 is 64.3 Å². The minimum absolute atomic E-state index is 0.528. The van der Waals surface area contributed by atoms with Gasteiger partial charge in [0.2, 0.25) is 0 Å². The first kappa shape index (κ1) is 32.5. The quantitative estimate of drug-likeness (QED) is 0.156. The predicted octanol–water partition coefficient (Wildman–Crippen LogP) is 13.3. The fourth-order valence-electron chi connectivity index (χ4n) is 8.95. The Hall–Kier alpha value is -5.12. The Morgan fingerprint density at radius 3 is 1.45 bits per heavy atom. The highest BCUT2D eigenvalue weighted by Crippen LogP contribution is 2.55. The zero-order valence-corrected chi connectivity index (χ0v) is 31.6. The lowest BCUT2D eigenvalue weighted by molar-refractivity contribution is 1.36. The highest BCUT2D eigenvalue weighted by Gasteiger charge is 2.31. The van der Waals surface area contributed by atoms with Gasteiger partial charge < -0.3 is 0 Å². The van der Waals surface area contributed by atoms with Crippen molar-refractivity contribution in [1.29, 1.82) is 0 Å². The van der Waals surface area contributed by atoms with E-state index in [1.807, 2.05) is 0 Å². The zero-order valence-electron chi connectivity index (χ0n) is 29.8. The second kappa shape index (κ2) is 13.7. The summed E-state index contributed by atoms with van der Waals surface area (Å²) in [6, 6.07) is 50.9. The lowest BCUT2D eigenvalue weighted by Gasteiger charge is -2.26. The van der Waals surface area contributed by atoms with Crippen molar-refractivity contribution in [2.45, 2.75) is 24.9 Å². The van der Waals surface area contributed by atoms with Crippen molar-refractivity contribution in [1.82, 2.24) is 0 Å². The van der Waals surface area contributed by atoms with Crippen LogP contribution in [0.2, 0.25) is 0 Å². The fourth-order valence-corrected chi connectivity index (χ4v) is 14.8. The Morgan fingerprint density at radius 1 is 0.415 bits per heavy atom. The summed E-state index contributed by atoms with van der Waals surface area (Å²) in [6.07, 6.45) is 18.8. The number of fused-ring (bicyclic) bond motifs is 11. The van der Waals surface area contributed by atoms with Crippen molar-refractivity contribution in [2.75, 3.05) is 6.16 Å². The lowest BCUT2D eigenvalue weighted by atomic mass is 9.87. The maximum atomic E-state index is 4.70. The van der Waals surface area contributed by atoms with Crippen LogP contribution in [0.15, 0.2) is 188 Å². The maximum Gasteiger partial charge on any atom is -0.00232 e. The van der Waals surface area contributed by atoms with Crippen LogP contribution in [0, 0.1) is 0 Å². The van der Waals surface area contributed by atoms with Gasteiger partial charge in [-0.15, -0.1) is 0 Å². The normalized spacial score (nSPS) is 19.1. The van der Waals surface area contributed by atoms with Gasteiger partial charge in [0.15, 0.2) is 0 Å². The smallest absolute Gasteiger partial charge is 0.00232 e. The van der Waals surface area contributed by atoms with E-state index in [1.165, 1.54) is 76.8 Å². The molecule has 1 unspecified atom stereocenters. The average Bonchev–Trinajstić information content (AvgIpc) is 3.49. The van der Waals surface area contributed by atoms with Crippen LogP contribution < -0.4 is 10.6 Å². The van der Waals surface area contributed by atoms with Gasteiger partial charge in [-0.25, -0.2) is 0 Å². The van der Waals surface area contributed by atoms with Gasteiger partial charge in [0.25, 0.3) is 0 Å². The van der Waals surface area contributed by atoms with E-state index in [0.717, 1.165) is 36.6 Å². The second-order valence-corrected chi connectivity index (χ2v) is 18.9. The van der Waals surface area contributed by atoms with Gasteiger partial charge in [-0.05, 0) is 124 Å². The predicted molar refractivity (Wildman–Crippen MR) is 234 cm³/mol. The maximum absolute atomic E-state index is 4.70. The molecule has 254 valence electrons. The van der Waals surface area contributed by atoms with Crippen LogP contribution in [0.5, 0.6) is 0 Å². The van der Waals surface area contributed by atoms with Crippen molar-refractivity contribution in [2.24, 2.45) is 0 Å². The van der Waals surface area contributed by atoms with Crippen LogP contribution in [0.25, 0.3) is 49.0 Å². The number of hydrogen-bond donors (Lipinski definition) is 0. The van der Waals surface area contributed by atoms with E-state index >= 15 is 0 Å². The molecule has 0 nitrogen and oxygen atoms in total. The Kier molecular flexibility index (Phi) is 8.41. The minimum atomic E-state index is -0.556. The van der Waals surface area contributed by atoms with E-state index in [1.54, 1.807) is 10.6 Å². The van der Waals surface area contributed by atoms with Gasteiger partial charge in [0.1, 0.15) is 0 Å². The highest BCUT2D eigenvalue weighted by molar-refractivity contribution is 7.71. The van der Waals surface area contributed by atoms with E-state index in [9.17, 15) is 0 Å². The first-order valence-electron chi connectivity index (χ1n) is 18.7. The molecular weight excluding hydrogens is 675 g/mol. The standard InChI is InChI=1S/C51H40P2/c1-35-15-5-3-2-4-6-19-39-31-52(32-40-28-25-36-16-7-10-20-43(36)49(40)48(35)39)46-23-13-14-24-47(46)53-33-41-29-26-37-17-8-11-21-44(37)50(41)51-42(34-53)30-27-38-18-9-12-22-45(38)51/h2-3,5-30H,1,4,31-34H2/b3-2-,15-5-,19-6-. The highest BCUT2D eigenvalue weighted by atomic mass is 31.1. The molecule has 2 aliphatic heterocycles. The summed E-state index contributed by atoms with van der Waals surface area (Å²) in [5, 5.41) is 11.2. The third-order valence-electron chi connectivity index (χ3n) is 11.3. The monoisotopic (exact) mass is 714 g/mol. The van der Waals surface area contributed by atoms with E-state index < -0.39 is 15.8 Å². The minimum Gasteiger partial charge on any atom is -0.0911 e. The first-order chi connectivity index (χ1) is 26.2. The SMILES string of the molecule is C=C1/C=C\C=C/C/C=C\C2=C1c1c(ccc3ccccc13)CP(c1ccccc1P1Cc3ccc4ccccc4c3-c3c(ccc4ccccc34)C1)C2. The molecule has 0 radical (unpaired) electrons. The molecule has 0 saturated carbocycles. The number of benzene rings is 7. The Balaban J connectivity index is 1.16. The third-order valence-corrected chi connectivity index (χ3v) is 16.5. The molecule has 0 N–H and O–H groups in total. The van der Waals surface area contributed by atoms with Crippen LogP contribution in [-0.4, -0.2) is 6.16 Å². The van der Waals surface area contributed by atoms with E-state index in [4.69, 9.17) is 6.58 Å². The van der Waals surface area contributed by atoms with Crippen LogP contribution in [0.1, 0.15) is 28.7 Å². The van der Waals surface area contributed by atoms with Crippen molar-refractivity contribution in [3.05, 3.63) is 210 Å². The topological polar surface area (TPSA) is 0 Å². The molecule has 53 heavy (non-hydrogen) atoms. The van der Waals surface area contributed by atoms with Gasteiger partial charge >= 0.3 is 0 Å². The molecule has 0 saturated heterocycles. The summed E-state index contributed by atoms with van der Waals surface area (Å²) < 4.78 is 0. The van der Waals surface area contributed by atoms with Crippen LogP contribution >= 0.6 is 15.8 Å². The molecule has 1 atom stereocenters. The molecule has 0 fully saturated rings.